The van der Waals surface area contributed by atoms with Crippen molar-refractivity contribution in [3.05, 3.63) is 145 Å². The first-order chi connectivity index (χ1) is 18.2. The highest BCUT2D eigenvalue weighted by Crippen LogP contribution is 2.31. The highest BCUT2D eigenvalue weighted by molar-refractivity contribution is 5.75. The van der Waals surface area contributed by atoms with Crippen LogP contribution in [-0.4, -0.2) is 9.97 Å². The van der Waals surface area contributed by atoms with E-state index in [4.69, 9.17) is 9.97 Å². The smallest absolute Gasteiger partial charge is 0.160 e. The van der Waals surface area contributed by atoms with E-state index in [0.717, 1.165) is 33.9 Å². The molecule has 1 aromatic heterocycles. The summed E-state index contributed by atoms with van der Waals surface area (Å²) >= 11 is 0. The summed E-state index contributed by atoms with van der Waals surface area (Å²) in [5.41, 5.74) is 11.1. The molecule has 0 aliphatic heterocycles. The van der Waals surface area contributed by atoms with Crippen LogP contribution in [0.1, 0.15) is 5.56 Å². The van der Waals surface area contributed by atoms with Crippen molar-refractivity contribution in [2.45, 2.75) is 6.92 Å². The van der Waals surface area contributed by atoms with E-state index < -0.39 is 0 Å². The predicted octanol–water partition coefficient (Wildman–Crippen LogP) is 9.12. The van der Waals surface area contributed by atoms with E-state index >= 15 is 0 Å². The quantitative estimate of drug-likeness (QED) is 0.249. The van der Waals surface area contributed by atoms with Gasteiger partial charge in [0.1, 0.15) is 0 Å². The molecule has 0 saturated carbocycles. The van der Waals surface area contributed by atoms with Gasteiger partial charge in [0.05, 0.1) is 11.4 Å². The summed E-state index contributed by atoms with van der Waals surface area (Å²) in [7, 11) is 0. The fourth-order valence-electron chi connectivity index (χ4n) is 4.64. The van der Waals surface area contributed by atoms with E-state index in [0.29, 0.717) is 0 Å². The second-order valence-corrected chi connectivity index (χ2v) is 9.16. The Morgan fingerprint density at radius 1 is 0.378 bits per heavy atom. The highest BCUT2D eigenvalue weighted by atomic mass is 14.9. The Morgan fingerprint density at radius 3 is 1.43 bits per heavy atom. The maximum Gasteiger partial charge on any atom is 0.160 e. The minimum absolute atomic E-state index is 0.721. The summed E-state index contributed by atoms with van der Waals surface area (Å²) in [6, 6.07) is 48.4. The van der Waals surface area contributed by atoms with Crippen molar-refractivity contribution in [1.29, 1.82) is 0 Å². The zero-order valence-corrected chi connectivity index (χ0v) is 20.7. The maximum absolute atomic E-state index is 5.01. The number of aryl methyl sites for hydroxylation is 1. The molecule has 0 aliphatic carbocycles. The number of benzene rings is 5. The standard InChI is InChI=1S/C35H26N2/c1-25-10-8-9-15-32(25)28-18-20-30(21-19-28)34-24-33(29-13-6-3-7-14-29)36-35(37-34)31-22-16-27(17-23-31)26-11-4-2-5-12-26/h2-24H,1H3. The molecule has 0 fully saturated rings. The largest absolute Gasteiger partial charge is 0.228 e. The van der Waals surface area contributed by atoms with E-state index in [9.17, 15) is 0 Å². The summed E-state index contributed by atoms with van der Waals surface area (Å²) in [6.45, 7) is 2.15. The maximum atomic E-state index is 5.01. The van der Waals surface area contributed by atoms with E-state index in [1.165, 1.54) is 27.8 Å². The second-order valence-electron chi connectivity index (χ2n) is 9.16. The van der Waals surface area contributed by atoms with Crippen LogP contribution in [0.25, 0.3) is 56.2 Å². The Balaban J connectivity index is 1.41. The van der Waals surface area contributed by atoms with Crippen molar-refractivity contribution in [1.82, 2.24) is 9.97 Å². The molecule has 0 N–H and O–H groups in total. The van der Waals surface area contributed by atoms with E-state index in [1.54, 1.807) is 0 Å². The lowest BCUT2D eigenvalue weighted by molar-refractivity contribution is 1.18. The Hall–Kier alpha value is -4.82. The van der Waals surface area contributed by atoms with Crippen molar-refractivity contribution in [2.24, 2.45) is 0 Å². The lowest BCUT2D eigenvalue weighted by Crippen LogP contribution is -1.96. The predicted molar refractivity (Wildman–Crippen MR) is 154 cm³/mol. The topological polar surface area (TPSA) is 25.8 Å². The molecule has 6 aromatic rings. The first-order valence-electron chi connectivity index (χ1n) is 12.5. The van der Waals surface area contributed by atoms with Gasteiger partial charge in [0, 0.05) is 16.7 Å². The fraction of sp³-hybridized carbons (Fsp3) is 0.0286. The van der Waals surface area contributed by atoms with E-state index in [-0.39, 0.29) is 0 Å². The Kier molecular flexibility index (Phi) is 6.14. The lowest BCUT2D eigenvalue weighted by Gasteiger charge is -2.11. The number of hydrogen-bond acceptors (Lipinski definition) is 2. The molecule has 0 bridgehead atoms. The van der Waals surface area contributed by atoms with Crippen molar-refractivity contribution < 1.29 is 0 Å². The average molecular weight is 475 g/mol. The summed E-state index contributed by atoms with van der Waals surface area (Å²) < 4.78 is 0. The van der Waals surface area contributed by atoms with Crippen molar-refractivity contribution >= 4 is 0 Å². The van der Waals surface area contributed by atoms with Gasteiger partial charge in [-0.3, -0.25) is 0 Å². The van der Waals surface area contributed by atoms with Gasteiger partial charge < -0.3 is 0 Å². The van der Waals surface area contributed by atoms with Gasteiger partial charge in [0.15, 0.2) is 5.82 Å². The van der Waals surface area contributed by atoms with Crippen LogP contribution in [0.15, 0.2) is 140 Å². The number of rotatable bonds is 5. The third-order valence-electron chi connectivity index (χ3n) is 6.68. The van der Waals surface area contributed by atoms with Crippen LogP contribution in [0.5, 0.6) is 0 Å². The molecule has 0 unspecified atom stereocenters. The molecule has 0 atom stereocenters. The molecule has 0 spiro atoms. The minimum Gasteiger partial charge on any atom is -0.228 e. The molecule has 0 saturated heterocycles. The second kappa shape index (κ2) is 10.0. The van der Waals surface area contributed by atoms with Crippen molar-refractivity contribution in [3.63, 3.8) is 0 Å². The molecule has 1 heterocycles. The fourth-order valence-corrected chi connectivity index (χ4v) is 4.64. The third kappa shape index (κ3) is 4.82. The van der Waals surface area contributed by atoms with E-state index in [2.05, 4.69) is 122 Å². The molecular formula is C35H26N2. The molecular weight excluding hydrogens is 448 g/mol. The van der Waals surface area contributed by atoms with Crippen molar-refractivity contribution in [3.8, 4) is 56.2 Å². The van der Waals surface area contributed by atoms with Crippen LogP contribution in [0.2, 0.25) is 0 Å². The van der Waals surface area contributed by atoms with Crippen LogP contribution < -0.4 is 0 Å². The summed E-state index contributed by atoms with van der Waals surface area (Å²) in [6.07, 6.45) is 0. The molecule has 37 heavy (non-hydrogen) atoms. The Bertz CT molecular complexity index is 1640. The van der Waals surface area contributed by atoms with Gasteiger partial charge in [-0.1, -0.05) is 133 Å². The van der Waals surface area contributed by atoms with Crippen LogP contribution in [0, 0.1) is 6.92 Å². The van der Waals surface area contributed by atoms with Gasteiger partial charge in [0.25, 0.3) is 0 Å². The number of nitrogens with zero attached hydrogens (tertiary/aromatic N) is 2. The number of hydrogen-bond donors (Lipinski definition) is 0. The molecule has 0 amide bonds. The van der Waals surface area contributed by atoms with Gasteiger partial charge in [0.2, 0.25) is 0 Å². The summed E-state index contributed by atoms with van der Waals surface area (Å²) in [5.74, 6) is 0.721. The molecule has 2 nitrogen and oxygen atoms in total. The van der Waals surface area contributed by atoms with Gasteiger partial charge in [-0.2, -0.15) is 0 Å². The minimum atomic E-state index is 0.721. The van der Waals surface area contributed by atoms with Crippen LogP contribution in [0.3, 0.4) is 0 Å². The summed E-state index contributed by atoms with van der Waals surface area (Å²) in [5, 5.41) is 0. The first kappa shape index (κ1) is 22.6. The summed E-state index contributed by atoms with van der Waals surface area (Å²) in [4.78, 5) is 9.98. The normalized spacial score (nSPS) is 10.8. The van der Waals surface area contributed by atoms with Gasteiger partial charge in [-0.15, -0.1) is 0 Å². The third-order valence-corrected chi connectivity index (χ3v) is 6.68. The monoisotopic (exact) mass is 474 g/mol. The SMILES string of the molecule is Cc1ccccc1-c1ccc(-c2cc(-c3ccccc3)nc(-c3ccc(-c4ccccc4)cc3)n2)cc1. The molecule has 6 rings (SSSR count). The molecule has 0 radical (unpaired) electrons. The van der Waals surface area contributed by atoms with Crippen LogP contribution in [-0.2, 0) is 0 Å². The van der Waals surface area contributed by atoms with E-state index in [1.807, 2.05) is 24.3 Å². The van der Waals surface area contributed by atoms with Crippen molar-refractivity contribution in [2.75, 3.05) is 0 Å². The van der Waals surface area contributed by atoms with Gasteiger partial charge in [-0.25, -0.2) is 9.97 Å². The Morgan fingerprint density at radius 2 is 0.811 bits per heavy atom. The zero-order valence-electron chi connectivity index (χ0n) is 20.7. The average Bonchev–Trinajstić information content (AvgIpc) is 2.98. The van der Waals surface area contributed by atoms with Crippen LogP contribution >= 0.6 is 0 Å². The van der Waals surface area contributed by atoms with Gasteiger partial charge in [-0.05, 0) is 40.8 Å². The molecule has 176 valence electrons. The molecule has 0 aliphatic rings. The Labute approximate surface area is 218 Å². The lowest BCUT2D eigenvalue weighted by atomic mass is 9.98. The zero-order chi connectivity index (χ0) is 25.0. The first-order valence-corrected chi connectivity index (χ1v) is 12.5. The molecule has 5 aromatic carbocycles. The number of aromatic nitrogens is 2. The highest BCUT2D eigenvalue weighted by Gasteiger charge is 2.11. The van der Waals surface area contributed by atoms with Gasteiger partial charge >= 0.3 is 0 Å². The van der Waals surface area contributed by atoms with Crippen LogP contribution in [0.4, 0.5) is 0 Å². The molecule has 2 heteroatoms.